The summed E-state index contributed by atoms with van der Waals surface area (Å²) in [7, 11) is 0. The van der Waals surface area contributed by atoms with Crippen molar-refractivity contribution in [3.05, 3.63) is 23.4 Å². The molecule has 1 aliphatic carbocycles. The van der Waals surface area contributed by atoms with Gasteiger partial charge in [-0.15, -0.1) is 11.6 Å². The maximum Gasteiger partial charge on any atom is 0.213 e. The maximum atomic E-state index is 5.93. The fraction of sp³-hybridized carbons (Fsp3) is 0.643. The minimum Gasteiger partial charge on any atom is -0.474 e. The van der Waals surface area contributed by atoms with Gasteiger partial charge in [-0.25, -0.2) is 4.98 Å². The van der Waals surface area contributed by atoms with Crippen LogP contribution in [0.25, 0.3) is 0 Å². The van der Waals surface area contributed by atoms with Gasteiger partial charge in [0.15, 0.2) is 0 Å². The lowest BCUT2D eigenvalue weighted by molar-refractivity contribution is 0.130. The van der Waals surface area contributed by atoms with Crippen molar-refractivity contribution in [1.29, 1.82) is 0 Å². The Kier molecular flexibility index (Phi) is 4.27. The Morgan fingerprint density at radius 2 is 2.00 bits per heavy atom. The first-order chi connectivity index (χ1) is 8.19. The lowest BCUT2D eigenvalue weighted by atomic mass is 9.89. The molecule has 0 aliphatic heterocycles. The van der Waals surface area contributed by atoms with Crippen molar-refractivity contribution < 1.29 is 4.74 Å². The Morgan fingerprint density at radius 1 is 1.29 bits per heavy atom. The summed E-state index contributed by atoms with van der Waals surface area (Å²) in [4.78, 5) is 4.45. The van der Waals surface area contributed by atoms with E-state index in [4.69, 9.17) is 16.3 Å². The smallest absolute Gasteiger partial charge is 0.213 e. The highest BCUT2D eigenvalue weighted by Crippen LogP contribution is 2.26. The Hall–Kier alpha value is -0.760. The minimum absolute atomic E-state index is 0.347. The Labute approximate surface area is 108 Å². The molecule has 0 atom stereocenters. The molecule has 2 nitrogen and oxygen atoms in total. The molecule has 0 radical (unpaired) electrons. The first-order valence-corrected chi connectivity index (χ1v) is 6.91. The number of alkyl halides is 1. The fourth-order valence-corrected chi connectivity index (χ4v) is 2.57. The van der Waals surface area contributed by atoms with Crippen molar-refractivity contribution in [3.63, 3.8) is 0 Å². The summed E-state index contributed by atoms with van der Waals surface area (Å²) in [6.45, 7) is 4.29. The predicted octanol–water partition coefficient (Wildman–Crippen LogP) is 4.09. The minimum atomic E-state index is 0.347. The molecule has 94 valence electrons. The average molecular weight is 254 g/mol. The second-order valence-electron chi connectivity index (χ2n) is 5.03. The van der Waals surface area contributed by atoms with E-state index >= 15 is 0 Å². The first kappa shape index (κ1) is 12.7. The molecule has 1 saturated carbocycles. The van der Waals surface area contributed by atoms with E-state index in [0.29, 0.717) is 12.0 Å². The van der Waals surface area contributed by atoms with Gasteiger partial charge in [-0.2, -0.15) is 0 Å². The van der Waals surface area contributed by atoms with Crippen LogP contribution in [-0.2, 0) is 5.88 Å². The van der Waals surface area contributed by atoms with Crippen LogP contribution in [0.5, 0.6) is 5.88 Å². The highest BCUT2D eigenvalue weighted by atomic mass is 35.5. The fourth-order valence-electron chi connectivity index (χ4n) is 2.29. The largest absolute Gasteiger partial charge is 0.474 e. The average Bonchev–Trinajstić information content (AvgIpc) is 2.32. The van der Waals surface area contributed by atoms with Crippen LogP contribution in [0.2, 0.25) is 0 Å². The number of hydrogen-bond donors (Lipinski definition) is 0. The van der Waals surface area contributed by atoms with Crippen molar-refractivity contribution in [1.82, 2.24) is 4.98 Å². The maximum absolute atomic E-state index is 5.93. The molecule has 2 rings (SSSR count). The van der Waals surface area contributed by atoms with Crippen molar-refractivity contribution >= 4 is 11.6 Å². The van der Waals surface area contributed by atoms with Crippen LogP contribution in [-0.4, -0.2) is 11.1 Å². The van der Waals surface area contributed by atoms with Crippen LogP contribution in [0.1, 0.15) is 43.9 Å². The van der Waals surface area contributed by atoms with Crippen molar-refractivity contribution in [2.45, 2.75) is 51.5 Å². The van der Waals surface area contributed by atoms with E-state index in [0.717, 1.165) is 35.9 Å². The zero-order valence-corrected chi connectivity index (χ0v) is 11.3. The van der Waals surface area contributed by atoms with Crippen LogP contribution >= 0.6 is 11.6 Å². The van der Waals surface area contributed by atoms with Crippen LogP contribution in [0.15, 0.2) is 12.1 Å². The van der Waals surface area contributed by atoms with Gasteiger partial charge < -0.3 is 4.74 Å². The van der Waals surface area contributed by atoms with Gasteiger partial charge in [0, 0.05) is 17.6 Å². The Bertz CT molecular complexity index is 372. The Morgan fingerprint density at radius 3 is 2.59 bits per heavy atom. The summed E-state index contributed by atoms with van der Waals surface area (Å²) in [6.07, 6.45) is 5.19. The van der Waals surface area contributed by atoms with Gasteiger partial charge in [0.1, 0.15) is 6.10 Å². The molecule has 1 aromatic heterocycles. The summed E-state index contributed by atoms with van der Waals surface area (Å²) >= 11 is 5.81. The molecule has 0 bridgehead atoms. The van der Waals surface area contributed by atoms with Crippen LogP contribution in [0.3, 0.4) is 0 Å². The summed E-state index contributed by atoms with van der Waals surface area (Å²) in [5.74, 6) is 2.11. The molecular weight excluding hydrogens is 234 g/mol. The van der Waals surface area contributed by atoms with E-state index in [-0.39, 0.29) is 0 Å². The highest BCUT2D eigenvalue weighted by Gasteiger charge is 2.19. The van der Waals surface area contributed by atoms with Gasteiger partial charge in [-0.1, -0.05) is 13.0 Å². The zero-order chi connectivity index (χ0) is 12.3. The second-order valence-corrected chi connectivity index (χ2v) is 5.29. The van der Waals surface area contributed by atoms with Gasteiger partial charge in [-0.3, -0.25) is 0 Å². The molecule has 0 amide bonds. The number of hydrogen-bond acceptors (Lipinski definition) is 2. The lowest BCUT2D eigenvalue weighted by Crippen LogP contribution is -2.23. The summed E-state index contributed by atoms with van der Waals surface area (Å²) in [6, 6.07) is 3.94. The number of aryl methyl sites for hydroxylation is 1. The van der Waals surface area contributed by atoms with Gasteiger partial charge in [-0.05, 0) is 44.1 Å². The predicted molar refractivity (Wildman–Crippen MR) is 70.6 cm³/mol. The molecule has 3 heteroatoms. The molecular formula is C14H20ClNO. The molecule has 0 N–H and O–H groups in total. The van der Waals surface area contributed by atoms with E-state index in [1.807, 2.05) is 19.1 Å². The normalized spacial score (nSPS) is 24.6. The van der Waals surface area contributed by atoms with E-state index < -0.39 is 0 Å². The molecule has 0 unspecified atom stereocenters. The molecule has 0 spiro atoms. The van der Waals surface area contributed by atoms with Crippen LogP contribution in [0, 0.1) is 12.8 Å². The van der Waals surface area contributed by atoms with Gasteiger partial charge in [0.2, 0.25) is 5.88 Å². The summed E-state index contributed by atoms with van der Waals surface area (Å²) in [5, 5.41) is 0. The third-order valence-corrected chi connectivity index (χ3v) is 3.85. The van der Waals surface area contributed by atoms with E-state index in [2.05, 4.69) is 11.9 Å². The van der Waals surface area contributed by atoms with Gasteiger partial charge in [0.05, 0.1) is 0 Å². The van der Waals surface area contributed by atoms with E-state index in [1.165, 1.54) is 12.8 Å². The topological polar surface area (TPSA) is 22.1 Å². The zero-order valence-electron chi connectivity index (χ0n) is 10.6. The number of ether oxygens (including phenoxy) is 1. The standard InChI is InChI=1S/C14H20ClNO/c1-10-3-6-13(7-4-10)17-14-8-5-12(9-15)11(2)16-14/h5,8,10,13H,3-4,6-7,9H2,1-2H3. The van der Waals surface area contributed by atoms with Crippen molar-refractivity contribution in [2.75, 3.05) is 0 Å². The number of aromatic nitrogens is 1. The second kappa shape index (κ2) is 5.72. The molecule has 1 heterocycles. The molecule has 17 heavy (non-hydrogen) atoms. The molecule has 1 aromatic rings. The van der Waals surface area contributed by atoms with Crippen molar-refractivity contribution in [2.24, 2.45) is 5.92 Å². The molecule has 1 fully saturated rings. The van der Waals surface area contributed by atoms with Crippen LogP contribution in [0.4, 0.5) is 0 Å². The van der Waals surface area contributed by atoms with E-state index in [1.54, 1.807) is 0 Å². The van der Waals surface area contributed by atoms with Crippen LogP contribution < -0.4 is 4.74 Å². The number of halogens is 1. The van der Waals surface area contributed by atoms with Crippen molar-refractivity contribution in [3.8, 4) is 5.88 Å². The highest BCUT2D eigenvalue weighted by molar-refractivity contribution is 6.17. The monoisotopic (exact) mass is 253 g/mol. The number of nitrogens with zero attached hydrogens (tertiary/aromatic N) is 1. The lowest BCUT2D eigenvalue weighted by Gasteiger charge is -2.26. The van der Waals surface area contributed by atoms with Gasteiger partial charge >= 0.3 is 0 Å². The number of pyridine rings is 1. The Balaban J connectivity index is 1.97. The quantitative estimate of drug-likeness (QED) is 0.757. The third-order valence-electron chi connectivity index (χ3n) is 3.56. The molecule has 0 aromatic carbocycles. The SMILES string of the molecule is Cc1nc(OC2CCC(C)CC2)ccc1CCl. The summed E-state index contributed by atoms with van der Waals surface area (Å²) < 4.78 is 5.93. The summed E-state index contributed by atoms with van der Waals surface area (Å²) in [5.41, 5.74) is 2.05. The van der Waals surface area contributed by atoms with Gasteiger partial charge in [0.25, 0.3) is 0 Å². The third kappa shape index (κ3) is 3.35. The van der Waals surface area contributed by atoms with E-state index in [9.17, 15) is 0 Å². The molecule has 1 aliphatic rings. The first-order valence-electron chi connectivity index (χ1n) is 6.38. The molecule has 0 saturated heterocycles. The number of rotatable bonds is 3.